The topological polar surface area (TPSA) is 46.3 Å². The monoisotopic (exact) mass is 294 g/mol. The molecule has 22 heavy (non-hydrogen) atoms. The minimum atomic E-state index is -0.352. The average Bonchev–Trinajstić information content (AvgIpc) is 2.47. The third-order valence-corrected chi connectivity index (χ3v) is 3.73. The molecule has 114 valence electrons. The van der Waals surface area contributed by atoms with Crippen LogP contribution < -0.4 is 5.73 Å². The Balaban J connectivity index is 2.51. The zero-order chi connectivity index (χ0) is 16.3. The summed E-state index contributed by atoms with van der Waals surface area (Å²) < 4.78 is 0. The van der Waals surface area contributed by atoms with Crippen LogP contribution in [-0.4, -0.2) is 10.8 Å². The lowest BCUT2D eigenvalue weighted by Gasteiger charge is -2.28. The zero-order valence-electron chi connectivity index (χ0n) is 13.4. The Labute approximate surface area is 132 Å². The van der Waals surface area contributed by atoms with Crippen LogP contribution in [0.25, 0.3) is 5.57 Å². The first-order valence-electron chi connectivity index (χ1n) is 7.28. The van der Waals surface area contributed by atoms with Crippen LogP contribution in [-0.2, 0) is 4.79 Å². The fraction of sp³-hybridized carbons (Fsp3) is 0.211. The van der Waals surface area contributed by atoms with Crippen LogP contribution in [0.5, 0.6) is 0 Å². The van der Waals surface area contributed by atoms with Gasteiger partial charge < -0.3 is 10.6 Å². The van der Waals surface area contributed by atoms with Crippen LogP contribution in [0, 0.1) is 6.92 Å². The van der Waals surface area contributed by atoms with Gasteiger partial charge in [-0.25, -0.2) is 0 Å². The first-order valence-corrected chi connectivity index (χ1v) is 7.28. The molecular weight excluding hydrogens is 272 g/mol. The number of allylic oxidation sites excluding steroid dienone is 4. The molecule has 0 saturated heterocycles. The fourth-order valence-corrected chi connectivity index (χ4v) is 2.42. The van der Waals surface area contributed by atoms with E-state index < -0.39 is 0 Å². The SMILES string of the molecule is C=C1C=CC(C)=CN1/C(CC(N)=O)=C(\C)c1ccc(C)cc1. The number of aryl methyl sites for hydroxylation is 1. The lowest BCUT2D eigenvalue weighted by Crippen LogP contribution is -2.23. The van der Waals surface area contributed by atoms with Gasteiger partial charge in [-0.15, -0.1) is 0 Å². The first kappa shape index (κ1) is 15.8. The molecule has 1 aromatic carbocycles. The average molecular weight is 294 g/mol. The summed E-state index contributed by atoms with van der Waals surface area (Å²) in [7, 11) is 0. The van der Waals surface area contributed by atoms with Crippen molar-refractivity contribution in [2.24, 2.45) is 5.73 Å². The molecule has 0 atom stereocenters. The van der Waals surface area contributed by atoms with Gasteiger partial charge >= 0.3 is 0 Å². The molecule has 0 bridgehead atoms. The standard InChI is InChI=1S/C19H22N2O/c1-13-6-9-17(10-7-13)16(4)18(11-19(20)22)21-12-14(2)5-8-15(21)3/h5-10,12H,3,11H2,1-2,4H3,(H2,20,22)/b18-16+. The molecule has 0 aliphatic carbocycles. The van der Waals surface area contributed by atoms with Gasteiger partial charge in [0.1, 0.15) is 0 Å². The molecule has 1 aliphatic rings. The minimum absolute atomic E-state index is 0.177. The second-order valence-electron chi connectivity index (χ2n) is 5.65. The van der Waals surface area contributed by atoms with Crippen LogP contribution in [0.2, 0.25) is 0 Å². The van der Waals surface area contributed by atoms with Crippen molar-refractivity contribution in [1.82, 2.24) is 4.90 Å². The largest absolute Gasteiger partial charge is 0.369 e. The van der Waals surface area contributed by atoms with Gasteiger partial charge in [0, 0.05) is 17.6 Å². The van der Waals surface area contributed by atoms with E-state index >= 15 is 0 Å². The van der Waals surface area contributed by atoms with Gasteiger partial charge in [0.05, 0.1) is 6.42 Å². The molecule has 2 N–H and O–H groups in total. The highest BCUT2D eigenvalue weighted by Gasteiger charge is 2.18. The van der Waals surface area contributed by atoms with Crippen molar-refractivity contribution < 1.29 is 4.79 Å². The number of nitrogens with two attached hydrogens (primary N) is 1. The minimum Gasteiger partial charge on any atom is -0.369 e. The van der Waals surface area contributed by atoms with Crippen molar-refractivity contribution in [1.29, 1.82) is 0 Å². The van der Waals surface area contributed by atoms with Crippen molar-refractivity contribution in [3.63, 3.8) is 0 Å². The molecule has 0 spiro atoms. The normalized spacial score (nSPS) is 15.5. The second kappa shape index (κ2) is 6.48. The summed E-state index contributed by atoms with van der Waals surface area (Å²) in [6.45, 7) is 10.1. The molecule has 1 aromatic rings. The summed E-state index contributed by atoms with van der Waals surface area (Å²) in [4.78, 5) is 13.5. The highest BCUT2D eigenvalue weighted by molar-refractivity contribution is 5.81. The van der Waals surface area contributed by atoms with E-state index in [2.05, 4.69) is 37.8 Å². The number of nitrogens with zero attached hydrogens (tertiary/aromatic N) is 1. The summed E-state index contributed by atoms with van der Waals surface area (Å²) in [5.41, 5.74) is 11.6. The summed E-state index contributed by atoms with van der Waals surface area (Å²) in [5.74, 6) is -0.352. The van der Waals surface area contributed by atoms with Crippen molar-refractivity contribution in [3.05, 3.63) is 77.3 Å². The Morgan fingerprint density at radius 2 is 1.82 bits per heavy atom. The number of hydrogen-bond donors (Lipinski definition) is 1. The Hall–Kier alpha value is -2.55. The Morgan fingerprint density at radius 3 is 2.41 bits per heavy atom. The van der Waals surface area contributed by atoms with Gasteiger partial charge in [-0.05, 0) is 43.6 Å². The molecule has 1 aliphatic heterocycles. The number of primary amides is 1. The van der Waals surface area contributed by atoms with Gasteiger partial charge in [-0.1, -0.05) is 42.5 Å². The molecule has 3 nitrogen and oxygen atoms in total. The molecular formula is C19H22N2O. The van der Waals surface area contributed by atoms with E-state index in [1.165, 1.54) is 5.56 Å². The maximum atomic E-state index is 11.5. The van der Waals surface area contributed by atoms with Gasteiger partial charge in [0.2, 0.25) is 5.91 Å². The van der Waals surface area contributed by atoms with E-state index in [0.29, 0.717) is 0 Å². The van der Waals surface area contributed by atoms with Gasteiger partial charge in [-0.3, -0.25) is 4.79 Å². The fourth-order valence-electron chi connectivity index (χ4n) is 2.42. The molecule has 1 amide bonds. The zero-order valence-corrected chi connectivity index (χ0v) is 13.4. The quantitative estimate of drug-likeness (QED) is 0.915. The lowest BCUT2D eigenvalue weighted by atomic mass is 10.0. The van der Waals surface area contributed by atoms with Gasteiger partial charge in [-0.2, -0.15) is 0 Å². The highest BCUT2D eigenvalue weighted by Crippen LogP contribution is 2.29. The summed E-state index contributed by atoms with van der Waals surface area (Å²) in [5, 5.41) is 0. The molecule has 2 rings (SSSR count). The number of rotatable bonds is 4. The summed E-state index contributed by atoms with van der Waals surface area (Å²) in [6, 6.07) is 8.25. The van der Waals surface area contributed by atoms with E-state index in [9.17, 15) is 4.79 Å². The van der Waals surface area contributed by atoms with Crippen molar-refractivity contribution in [3.8, 4) is 0 Å². The van der Waals surface area contributed by atoms with E-state index in [4.69, 9.17) is 5.73 Å². The van der Waals surface area contributed by atoms with E-state index in [-0.39, 0.29) is 12.3 Å². The van der Waals surface area contributed by atoms with E-state index in [0.717, 1.165) is 28.1 Å². The smallest absolute Gasteiger partial charge is 0.223 e. The third kappa shape index (κ3) is 3.55. The second-order valence-corrected chi connectivity index (χ2v) is 5.65. The highest BCUT2D eigenvalue weighted by atomic mass is 16.1. The lowest BCUT2D eigenvalue weighted by molar-refractivity contribution is -0.117. The van der Waals surface area contributed by atoms with Crippen LogP contribution in [0.3, 0.4) is 0 Å². The van der Waals surface area contributed by atoms with Gasteiger partial charge in [0.15, 0.2) is 0 Å². The Bertz CT molecular complexity index is 691. The predicted octanol–water partition coefficient (Wildman–Crippen LogP) is 3.89. The molecule has 3 heteroatoms. The summed E-state index contributed by atoms with van der Waals surface area (Å²) in [6.07, 6.45) is 6.11. The number of amides is 1. The van der Waals surface area contributed by atoms with E-state index in [1.807, 2.05) is 37.1 Å². The molecule has 0 radical (unpaired) electrons. The number of hydrogen-bond acceptors (Lipinski definition) is 2. The molecule has 0 saturated carbocycles. The van der Waals surface area contributed by atoms with Crippen molar-refractivity contribution in [2.45, 2.75) is 27.2 Å². The third-order valence-electron chi connectivity index (χ3n) is 3.73. The predicted molar refractivity (Wildman–Crippen MR) is 91.5 cm³/mol. The van der Waals surface area contributed by atoms with Crippen LogP contribution in [0.4, 0.5) is 0 Å². The Kier molecular flexibility index (Phi) is 4.66. The maximum Gasteiger partial charge on any atom is 0.223 e. The molecule has 0 unspecified atom stereocenters. The van der Waals surface area contributed by atoms with E-state index in [1.54, 1.807) is 0 Å². The maximum absolute atomic E-state index is 11.5. The molecule has 0 aromatic heterocycles. The van der Waals surface area contributed by atoms with Crippen LogP contribution in [0.15, 0.2) is 66.2 Å². The number of carbonyl (C=O) groups excluding carboxylic acids is 1. The van der Waals surface area contributed by atoms with Gasteiger partial charge in [0.25, 0.3) is 0 Å². The molecule has 1 heterocycles. The van der Waals surface area contributed by atoms with Crippen molar-refractivity contribution >= 4 is 11.5 Å². The molecule has 0 fully saturated rings. The number of benzene rings is 1. The summed E-state index contributed by atoms with van der Waals surface area (Å²) >= 11 is 0. The van der Waals surface area contributed by atoms with Crippen LogP contribution in [0.1, 0.15) is 31.4 Å². The Morgan fingerprint density at radius 1 is 1.18 bits per heavy atom. The first-order chi connectivity index (χ1) is 10.4. The van der Waals surface area contributed by atoms with Crippen LogP contribution >= 0.6 is 0 Å². The van der Waals surface area contributed by atoms with Crippen molar-refractivity contribution in [2.75, 3.05) is 0 Å². The number of carbonyl (C=O) groups is 1.